The summed E-state index contributed by atoms with van der Waals surface area (Å²) >= 11 is 0. The summed E-state index contributed by atoms with van der Waals surface area (Å²) in [5.41, 5.74) is 1.05. The maximum absolute atomic E-state index is 12.2. The Kier molecular flexibility index (Phi) is 5.76. The first-order valence-electron chi connectivity index (χ1n) is 8.62. The van der Waals surface area contributed by atoms with Gasteiger partial charge < -0.3 is 18.8 Å². The number of nitrogens with zero attached hydrogens (tertiary/aromatic N) is 1. The Morgan fingerprint density at radius 1 is 1.07 bits per heavy atom. The van der Waals surface area contributed by atoms with Gasteiger partial charge in [-0.2, -0.15) is 0 Å². The fourth-order valence-corrected chi connectivity index (χ4v) is 2.52. The Morgan fingerprint density at radius 2 is 1.85 bits per heavy atom. The zero-order chi connectivity index (χ0) is 19.2. The number of fused-ring (bicyclic) bond motifs is 1. The molecule has 0 spiro atoms. The van der Waals surface area contributed by atoms with Crippen molar-refractivity contribution in [1.29, 1.82) is 0 Å². The third kappa shape index (κ3) is 4.88. The number of para-hydroxylation sites is 1. The first-order valence-corrected chi connectivity index (χ1v) is 8.62. The number of benzene rings is 2. The van der Waals surface area contributed by atoms with Gasteiger partial charge in [-0.05, 0) is 36.8 Å². The average Bonchev–Trinajstić information content (AvgIpc) is 2.67. The molecule has 0 aliphatic rings. The lowest BCUT2D eigenvalue weighted by Gasteiger charge is -2.18. The summed E-state index contributed by atoms with van der Waals surface area (Å²) in [6.45, 7) is 2.71. The number of rotatable bonds is 7. The van der Waals surface area contributed by atoms with Gasteiger partial charge in [-0.1, -0.05) is 18.2 Å². The zero-order valence-electron chi connectivity index (χ0n) is 15.3. The summed E-state index contributed by atoms with van der Waals surface area (Å²) in [7, 11) is 1.70. The van der Waals surface area contributed by atoms with Crippen LogP contribution >= 0.6 is 0 Å². The molecule has 0 aliphatic heterocycles. The molecule has 0 saturated carbocycles. The van der Waals surface area contributed by atoms with E-state index < -0.39 is 5.63 Å². The third-order valence-electron chi connectivity index (χ3n) is 4.16. The van der Waals surface area contributed by atoms with Crippen LogP contribution in [0.1, 0.15) is 5.56 Å². The van der Waals surface area contributed by atoms with Crippen molar-refractivity contribution in [3.63, 3.8) is 0 Å². The van der Waals surface area contributed by atoms with Crippen molar-refractivity contribution in [2.24, 2.45) is 0 Å². The van der Waals surface area contributed by atoms with Crippen LogP contribution < -0.4 is 15.1 Å². The van der Waals surface area contributed by atoms with Crippen molar-refractivity contribution >= 4 is 16.9 Å². The standard InChI is InChI=1S/C21H21NO5/c1-15-5-3-4-6-18(15)25-12-11-22(2)20(23)14-26-17-9-7-16-8-10-21(24)27-19(16)13-17/h3-10,13H,11-12,14H2,1-2H3. The fraction of sp³-hybridized carbons (Fsp3) is 0.238. The maximum Gasteiger partial charge on any atom is 0.336 e. The third-order valence-corrected chi connectivity index (χ3v) is 4.16. The molecule has 0 N–H and O–H groups in total. The summed E-state index contributed by atoms with van der Waals surface area (Å²) in [6, 6.07) is 15.9. The second kappa shape index (κ2) is 8.40. The molecular formula is C21H21NO5. The molecule has 3 rings (SSSR count). The number of amides is 1. The van der Waals surface area contributed by atoms with Crippen molar-refractivity contribution in [2.45, 2.75) is 6.92 Å². The Balaban J connectivity index is 1.49. The van der Waals surface area contributed by atoms with Crippen molar-refractivity contribution in [3.8, 4) is 11.5 Å². The van der Waals surface area contributed by atoms with Crippen LogP contribution in [-0.4, -0.2) is 37.6 Å². The van der Waals surface area contributed by atoms with E-state index in [1.807, 2.05) is 31.2 Å². The molecule has 140 valence electrons. The van der Waals surface area contributed by atoms with Gasteiger partial charge in [0.1, 0.15) is 23.7 Å². The first kappa shape index (κ1) is 18.5. The minimum Gasteiger partial charge on any atom is -0.491 e. The Hall–Kier alpha value is -3.28. The fourth-order valence-electron chi connectivity index (χ4n) is 2.52. The predicted molar refractivity (Wildman–Crippen MR) is 102 cm³/mol. The Labute approximate surface area is 156 Å². The molecule has 0 fully saturated rings. The SMILES string of the molecule is Cc1ccccc1OCCN(C)C(=O)COc1ccc2ccc(=O)oc2c1. The topological polar surface area (TPSA) is 69.0 Å². The van der Waals surface area contributed by atoms with Crippen LogP contribution in [0.3, 0.4) is 0 Å². The van der Waals surface area contributed by atoms with E-state index in [1.54, 1.807) is 36.2 Å². The molecule has 6 nitrogen and oxygen atoms in total. The highest BCUT2D eigenvalue weighted by atomic mass is 16.5. The molecule has 0 aliphatic carbocycles. The molecule has 2 aromatic carbocycles. The lowest BCUT2D eigenvalue weighted by molar-refractivity contribution is -0.132. The molecule has 1 heterocycles. The Bertz CT molecular complexity index is 995. The molecule has 0 unspecified atom stereocenters. The summed E-state index contributed by atoms with van der Waals surface area (Å²) < 4.78 is 16.3. The van der Waals surface area contributed by atoms with Crippen LogP contribution in [0.2, 0.25) is 0 Å². The molecule has 3 aromatic rings. The molecule has 0 bridgehead atoms. The van der Waals surface area contributed by atoms with E-state index in [2.05, 4.69) is 0 Å². The van der Waals surface area contributed by atoms with Crippen molar-refractivity contribution in [3.05, 3.63) is 70.6 Å². The predicted octanol–water partition coefficient (Wildman–Crippen LogP) is 3.02. The van der Waals surface area contributed by atoms with Crippen molar-refractivity contribution in [2.75, 3.05) is 26.8 Å². The minimum absolute atomic E-state index is 0.108. The lowest BCUT2D eigenvalue weighted by Crippen LogP contribution is -2.34. The van der Waals surface area contributed by atoms with Gasteiger partial charge in [-0.3, -0.25) is 4.79 Å². The Morgan fingerprint density at radius 3 is 2.67 bits per heavy atom. The van der Waals surface area contributed by atoms with Gasteiger partial charge in [0.2, 0.25) is 0 Å². The second-order valence-corrected chi connectivity index (χ2v) is 6.17. The largest absolute Gasteiger partial charge is 0.491 e. The van der Waals surface area contributed by atoms with Gasteiger partial charge in [-0.25, -0.2) is 4.79 Å². The lowest BCUT2D eigenvalue weighted by atomic mass is 10.2. The summed E-state index contributed by atoms with van der Waals surface area (Å²) in [4.78, 5) is 25.1. The van der Waals surface area contributed by atoms with Gasteiger partial charge >= 0.3 is 5.63 Å². The molecular weight excluding hydrogens is 346 g/mol. The van der Waals surface area contributed by atoms with E-state index in [9.17, 15) is 9.59 Å². The molecule has 6 heteroatoms. The van der Waals surface area contributed by atoms with Crippen LogP contribution in [0, 0.1) is 6.92 Å². The van der Waals surface area contributed by atoms with E-state index in [-0.39, 0.29) is 12.5 Å². The molecule has 0 saturated heterocycles. The van der Waals surface area contributed by atoms with Crippen LogP contribution in [0.5, 0.6) is 11.5 Å². The number of carbonyl (C=O) groups excluding carboxylic acids is 1. The molecule has 0 atom stereocenters. The number of ether oxygens (including phenoxy) is 2. The highest BCUT2D eigenvalue weighted by Crippen LogP contribution is 2.19. The number of aryl methyl sites for hydroxylation is 1. The van der Waals surface area contributed by atoms with Crippen LogP contribution in [-0.2, 0) is 4.79 Å². The number of carbonyl (C=O) groups is 1. The average molecular weight is 367 g/mol. The second-order valence-electron chi connectivity index (χ2n) is 6.17. The monoisotopic (exact) mass is 367 g/mol. The first-order chi connectivity index (χ1) is 13.0. The zero-order valence-corrected chi connectivity index (χ0v) is 15.3. The van der Waals surface area contributed by atoms with Crippen LogP contribution in [0.15, 0.2) is 63.8 Å². The normalized spacial score (nSPS) is 10.6. The van der Waals surface area contributed by atoms with Gasteiger partial charge in [-0.15, -0.1) is 0 Å². The van der Waals surface area contributed by atoms with E-state index in [4.69, 9.17) is 13.9 Å². The molecule has 1 aromatic heterocycles. The summed E-state index contributed by atoms with van der Waals surface area (Å²) in [6.07, 6.45) is 0. The van der Waals surface area contributed by atoms with Crippen molar-refractivity contribution < 1.29 is 18.7 Å². The molecule has 1 amide bonds. The smallest absolute Gasteiger partial charge is 0.336 e. The summed E-state index contributed by atoms with van der Waals surface area (Å²) in [5, 5.41) is 0.791. The molecule has 0 radical (unpaired) electrons. The van der Waals surface area contributed by atoms with Gasteiger partial charge in [0.15, 0.2) is 6.61 Å². The van der Waals surface area contributed by atoms with Crippen LogP contribution in [0.4, 0.5) is 0 Å². The number of likely N-dealkylation sites (N-methyl/N-ethyl adjacent to an activating group) is 1. The van der Waals surface area contributed by atoms with Gasteiger partial charge in [0, 0.05) is 24.6 Å². The number of hydrogen-bond donors (Lipinski definition) is 0. The highest BCUT2D eigenvalue weighted by molar-refractivity contribution is 5.79. The number of hydrogen-bond acceptors (Lipinski definition) is 5. The van der Waals surface area contributed by atoms with E-state index in [0.717, 1.165) is 16.7 Å². The van der Waals surface area contributed by atoms with Crippen molar-refractivity contribution in [1.82, 2.24) is 4.90 Å². The quantitative estimate of drug-likeness (QED) is 0.601. The minimum atomic E-state index is -0.427. The van der Waals surface area contributed by atoms with Gasteiger partial charge in [0.05, 0.1) is 6.54 Å². The van der Waals surface area contributed by atoms with E-state index in [1.165, 1.54) is 6.07 Å². The highest BCUT2D eigenvalue weighted by Gasteiger charge is 2.10. The van der Waals surface area contributed by atoms with E-state index >= 15 is 0 Å². The summed E-state index contributed by atoms with van der Waals surface area (Å²) in [5.74, 6) is 1.11. The van der Waals surface area contributed by atoms with E-state index in [0.29, 0.717) is 24.5 Å². The maximum atomic E-state index is 12.2. The molecule has 27 heavy (non-hydrogen) atoms. The van der Waals surface area contributed by atoms with Gasteiger partial charge in [0.25, 0.3) is 5.91 Å². The van der Waals surface area contributed by atoms with Crippen LogP contribution in [0.25, 0.3) is 11.0 Å².